The lowest BCUT2D eigenvalue weighted by atomic mass is 10.3. The van der Waals surface area contributed by atoms with Crippen LogP contribution < -0.4 is 5.48 Å². The number of benzene rings is 1. The van der Waals surface area contributed by atoms with Crippen molar-refractivity contribution in [2.75, 3.05) is 0 Å². The molecule has 0 bridgehead atoms. The molecular weight excluding hydrogens is 236 g/mol. The lowest BCUT2D eigenvalue weighted by Gasteiger charge is -1.87. The van der Waals surface area contributed by atoms with E-state index in [0.717, 1.165) is 9.99 Å². The van der Waals surface area contributed by atoms with Gasteiger partial charge >= 0.3 is 0 Å². The first-order chi connectivity index (χ1) is 6.29. The second-order valence-corrected chi connectivity index (χ2v) is 3.47. The van der Waals surface area contributed by atoms with Crippen LogP contribution in [0.15, 0.2) is 27.1 Å². The zero-order chi connectivity index (χ0) is 9.26. The first-order valence-electron chi connectivity index (χ1n) is 3.71. The molecule has 2 aromatic rings. The molecule has 0 saturated carbocycles. The van der Waals surface area contributed by atoms with Crippen molar-refractivity contribution in [3.05, 3.63) is 28.6 Å². The summed E-state index contributed by atoms with van der Waals surface area (Å²) in [5, 5.41) is 8.44. The van der Waals surface area contributed by atoms with Crippen molar-refractivity contribution in [1.82, 2.24) is 10.5 Å². The van der Waals surface area contributed by atoms with Crippen LogP contribution in [-0.4, -0.2) is 10.2 Å². The topological polar surface area (TPSA) is 58.3 Å². The summed E-state index contributed by atoms with van der Waals surface area (Å²) in [6.45, 7) is 0.215. The molecule has 13 heavy (non-hydrogen) atoms. The number of hydroxylamine groups is 1. The molecule has 1 aromatic carbocycles. The van der Waals surface area contributed by atoms with E-state index in [2.05, 4.69) is 20.9 Å². The van der Waals surface area contributed by atoms with Gasteiger partial charge in [-0.1, -0.05) is 15.9 Å². The molecule has 0 amide bonds. The Morgan fingerprint density at radius 1 is 1.54 bits per heavy atom. The predicted octanol–water partition coefficient (Wildman–Crippen LogP) is 2.07. The zero-order valence-corrected chi connectivity index (χ0v) is 8.21. The second kappa shape index (κ2) is 3.45. The van der Waals surface area contributed by atoms with Crippen LogP contribution in [0.4, 0.5) is 0 Å². The molecule has 4 nitrogen and oxygen atoms in total. The van der Waals surface area contributed by atoms with Crippen molar-refractivity contribution in [3.8, 4) is 0 Å². The van der Waals surface area contributed by atoms with E-state index in [0.29, 0.717) is 11.5 Å². The third-order valence-corrected chi connectivity index (χ3v) is 2.12. The fourth-order valence-corrected chi connectivity index (χ4v) is 1.44. The highest BCUT2D eigenvalue weighted by Crippen LogP contribution is 2.19. The average Bonchev–Trinajstić information content (AvgIpc) is 2.46. The van der Waals surface area contributed by atoms with E-state index >= 15 is 0 Å². The number of fused-ring (bicyclic) bond motifs is 1. The SMILES string of the molecule is ONCc1nc2cc(Br)ccc2o1. The van der Waals surface area contributed by atoms with Gasteiger partial charge in [0.05, 0.1) is 6.54 Å². The number of nitrogens with one attached hydrogen (secondary N) is 1. The van der Waals surface area contributed by atoms with Gasteiger partial charge in [-0.05, 0) is 18.2 Å². The first kappa shape index (κ1) is 8.68. The molecule has 0 aliphatic rings. The van der Waals surface area contributed by atoms with Gasteiger partial charge < -0.3 is 9.62 Å². The van der Waals surface area contributed by atoms with Crippen LogP contribution >= 0.6 is 15.9 Å². The highest BCUT2D eigenvalue weighted by atomic mass is 79.9. The summed E-state index contributed by atoms with van der Waals surface area (Å²) in [6, 6.07) is 5.57. The lowest BCUT2D eigenvalue weighted by Crippen LogP contribution is -2.05. The average molecular weight is 243 g/mol. The molecular formula is C8H7BrN2O2. The molecule has 0 fully saturated rings. The van der Waals surface area contributed by atoms with Crippen LogP contribution in [0.25, 0.3) is 11.1 Å². The third-order valence-electron chi connectivity index (χ3n) is 1.62. The Labute approximate surface area is 82.7 Å². The Kier molecular flexibility index (Phi) is 2.30. The number of halogens is 1. The molecule has 0 unspecified atom stereocenters. The fraction of sp³-hybridized carbons (Fsp3) is 0.125. The Hall–Kier alpha value is -0.910. The monoisotopic (exact) mass is 242 g/mol. The van der Waals surface area contributed by atoms with Crippen molar-refractivity contribution in [1.29, 1.82) is 0 Å². The summed E-state index contributed by atoms with van der Waals surface area (Å²) < 4.78 is 6.26. The van der Waals surface area contributed by atoms with E-state index < -0.39 is 0 Å². The van der Waals surface area contributed by atoms with Crippen molar-refractivity contribution < 1.29 is 9.62 Å². The van der Waals surface area contributed by atoms with Crippen LogP contribution in [-0.2, 0) is 6.54 Å². The minimum absolute atomic E-state index is 0.215. The Bertz CT molecular complexity index is 427. The second-order valence-electron chi connectivity index (χ2n) is 2.55. The highest BCUT2D eigenvalue weighted by Gasteiger charge is 2.04. The molecule has 0 saturated heterocycles. The van der Waals surface area contributed by atoms with Gasteiger partial charge in [0, 0.05) is 4.47 Å². The molecule has 0 spiro atoms. The van der Waals surface area contributed by atoms with Crippen molar-refractivity contribution in [2.24, 2.45) is 0 Å². The van der Waals surface area contributed by atoms with Gasteiger partial charge in [0.2, 0.25) is 5.89 Å². The molecule has 0 radical (unpaired) electrons. The van der Waals surface area contributed by atoms with Crippen molar-refractivity contribution in [2.45, 2.75) is 6.54 Å². The van der Waals surface area contributed by atoms with Crippen molar-refractivity contribution >= 4 is 27.0 Å². The number of aromatic nitrogens is 1. The van der Waals surface area contributed by atoms with E-state index in [1.54, 1.807) is 0 Å². The molecule has 5 heteroatoms. The normalized spacial score (nSPS) is 10.9. The molecule has 68 valence electrons. The number of rotatable bonds is 2. The van der Waals surface area contributed by atoms with E-state index in [4.69, 9.17) is 9.62 Å². The summed E-state index contributed by atoms with van der Waals surface area (Å²) in [5.41, 5.74) is 3.49. The maximum absolute atomic E-state index is 8.44. The molecule has 2 rings (SSSR count). The first-order valence-corrected chi connectivity index (χ1v) is 4.51. The van der Waals surface area contributed by atoms with Gasteiger partial charge in [0.1, 0.15) is 5.52 Å². The van der Waals surface area contributed by atoms with E-state index in [1.807, 2.05) is 23.7 Å². The molecule has 1 heterocycles. The zero-order valence-electron chi connectivity index (χ0n) is 6.62. The summed E-state index contributed by atoms with van der Waals surface area (Å²) in [6.07, 6.45) is 0. The highest BCUT2D eigenvalue weighted by molar-refractivity contribution is 9.10. The van der Waals surface area contributed by atoms with Gasteiger partial charge in [-0.3, -0.25) is 0 Å². The number of nitrogens with zero attached hydrogens (tertiary/aromatic N) is 1. The van der Waals surface area contributed by atoms with Crippen LogP contribution in [0, 0.1) is 0 Å². The third kappa shape index (κ3) is 1.72. The van der Waals surface area contributed by atoms with Crippen LogP contribution in [0.1, 0.15) is 5.89 Å². The van der Waals surface area contributed by atoms with Crippen LogP contribution in [0.5, 0.6) is 0 Å². The lowest BCUT2D eigenvalue weighted by molar-refractivity contribution is 0.152. The molecule has 0 atom stereocenters. The smallest absolute Gasteiger partial charge is 0.211 e. The predicted molar refractivity (Wildman–Crippen MR) is 50.3 cm³/mol. The Morgan fingerprint density at radius 3 is 3.15 bits per heavy atom. The van der Waals surface area contributed by atoms with Gasteiger partial charge in [-0.15, -0.1) is 0 Å². The summed E-state index contributed by atoms with van der Waals surface area (Å²) in [4.78, 5) is 4.14. The maximum atomic E-state index is 8.44. The number of hydrogen-bond donors (Lipinski definition) is 2. The van der Waals surface area contributed by atoms with E-state index in [9.17, 15) is 0 Å². The van der Waals surface area contributed by atoms with Gasteiger partial charge in [0.15, 0.2) is 5.58 Å². The summed E-state index contributed by atoms with van der Waals surface area (Å²) in [7, 11) is 0. The quantitative estimate of drug-likeness (QED) is 0.792. The minimum atomic E-state index is 0.215. The molecule has 0 aliphatic carbocycles. The van der Waals surface area contributed by atoms with Gasteiger partial charge in [0.25, 0.3) is 0 Å². The Balaban J connectivity index is 2.49. The maximum Gasteiger partial charge on any atom is 0.211 e. The molecule has 0 aliphatic heterocycles. The van der Waals surface area contributed by atoms with Gasteiger partial charge in [-0.25, -0.2) is 4.98 Å². The summed E-state index contributed by atoms with van der Waals surface area (Å²) in [5.74, 6) is 0.468. The van der Waals surface area contributed by atoms with E-state index in [1.165, 1.54) is 0 Å². The summed E-state index contributed by atoms with van der Waals surface area (Å²) >= 11 is 3.33. The van der Waals surface area contributed by atoms with Crippen LogP contribution in [0.2, 0.25) is 0 Å². The number of oxazole rings is 1. The largest absolute Gasteiger partial charge is 0.439 e. The Morgan fingerprint density at radius 2 is 2.38 bits per heavy atom. The van der Waals surface area contributed by atoms with E-state index in [-0.39, 0.29) is 6.54 Å². The molecule has 1 aromatic heterocycles. The molecule has 2 N–H and O–H groups in total. The number of hydrogen-bond acceptors (Lipinski definition) is 4. The standard InChI is InChI=1S/C8H7BrN2O2/c9-5-1-2-7-6(3-5)11-8(13-7)4-10-12/h1-3,10,12H,4H2. The van der Waals surface area contributed by atoms with Gasteiger partial charge in [-0.2, -0.15) is 5.48 Å². The minimum Gasteiger partial charge on any atom is -0.439 e. The van der Waals surface area contributed by atoms with Crippen LogP contribution in [0.3, 0.4) is 0 Å². The van der Waals surface area contributed by atoms with Crippen molar-refractivity contribution in [3.63, 3.8) is 0 Å². The fourth-order valence-electron chi connectivity index (χ4n) is 1.09.